The quantitative estimate of drug-likeness (QED) is 0.547. The minimum Gasteiger partial charge on any atom is -0.493 e. The lowest BCUT2D eigenvalue weighted by Gasteiger charge is -2.16. The van der Waals surface area contributed by atoms with Gasteiger partial charge in [0, 0.05) is 0 Å². The molecule has 2 N–H and O–H groups in total. The molecular formula is C23H30N2O3S. The van der Waals surface area contributed by atoms with E-state index in [-0.39, 0.29) is 11.0 Å². The van der Waals surface area contributed by atoms with Gasteiger partial charge in [0.25, 0.3) is 5.91 Å². The van der Waals surface area contributed by atoms with Crippen molar-refractivity contribution in [3.63, 3.8) is 0 Å². The van der Waals surface area contributed by atoms with Crippen LogP contribution in [0.1, 0.15) is 44.5 Å². The molecule has 29 heavy (non-hydrogen) atoms. The highest BCUT2D eigenvalue weighted by atomic mass is 32.1. The van der Waals surface area contributed by atoms with Gasteiger partial charge >= 0.3 is 0 Å². The van der Waals surface area contributed by atoms with Crippen LogP contribution in [-0.2, 0) is 0 Å². The summed E-state index contributed by atoms with van der Waals surface area (Å²) in [4.78, 5) is 12.7. The van der Waals surface area contributed by atoms with E-state index in [1.165, 1.54) is 0 Å². The Kier molecular flexibility index (Phi) is 8.93. The summed E-state index contributed by atoms with van der Waals surface area (Å²) in [5.41, 5.74) is 1.16. The van der Waals surface area contributed by atoms with Crippen molar-refractivity contribution in [3.8, 4) is 11.5 Å². The minimum atomic E-state index is -0.316. The molecular weight excluding hydrogens is 384 g/mol. The van der Waals surface area contributed by atoms with Crippen LogP contribution in [0, 0.1) is 11.8 Å². The van der Waals surface area contributed by atoms with Gasteiger partial charge in [0.2, 0.25) is 0 Å². The Hall–Kier alpha value is -2.60. The first-order chi connectivity index (χ1) is 13.9. The first kappa shape index (κ1) is 22.7. The van der Waals surface area contributed by atoms with Crippen LogP contribution in [0.15, 0.2) is 48.5 Å². The molecule has 0 aliphatic carbocycles. The number of amides is 1. The summed E-state index contributed by atoms with van der Waals surface area (Å²) in [7, 11) is 0. The van der Waals surface area contributed by atoms with E-state index in [9.17, 15) is 4.79 Å². The second-order valence-corrected chi connectivity index (χ2v) is 8.04. The smallest absolute Gasteiger partial charge is 0.261 e. The second kappa shape index (κ2) is 11.4. The van der Waals surface area contributed by atoms with Crippen LogP contribution in [0.5, 0.6) is 11.5 Å². The van der Waals surface area contributed by atoms with Gasteiger partial charge in [-0.2, -0.15) is 0 Å². The van der Waals surface area contributed by atoms with E-state index < -0.39 is 0 Å². The number of carbonyl (C=O) groups is 1. The maximum absolute atomic E-state index is 12.7. The fourth-order valence-electron chi connectivity index (χ4n) is 2.46. The topological polar surface area (TPSA) is 59.6 Å². The molecule has 2 aromatic rings. The van der Waals surface area contributed by atoms with Crippen molar-refractivity contribution in [2.24, 2.45) is 11.8 Å². The van der Waals surface area contributed by atoms with Gasteiger partial charge in [-0.25, -0.2) is 0 Å². The maximum atomic E-state index is 12.7. The molecule has 1 amide bonds. The molecule has 5 nitrogen and oxygen atoms in total. The van der Waals surface area contributed by atoms with Gasteiger partial charge in [0.05, 0.1) is 24.5 Å². The first-order valence-corrected chi connectivity index (χ1v) is 10.3. The van der Waals surface area contributed by atoms with E-state index >= 15 is 0 Å². The molecule has 0 saturated heterocycles. The highest BCUT2D eigenvalue weighted by Crippen LogP contribution is 2.24. The number of anilines is 1. The zero-order chi connectivity index (χ0) is 21.2. The van der Waals surface area contributed by atoms with Crippen LogP contribution in [0.2, 0.25) is 0 Å². The van der Waals surface area contributed by atoms with Gasteiger partial charge in [0.1, 0.15) is 11.5 Å². The normalized spacial score (nSPS) is 10.7. The van der Waals surface area contributed by atoms with E-state index in [1.807, 2.05) is 30.3 Å². The number of para-hydroxylation sites is 3. The van der Waals surface area contributed by atoms with Gasteiger partial charge in [-0.1, -0.05) is 52.0 Å². The average Bonchev–Trinajstić information content (AvgIpc) is 2.67. The molecule has 0 spiro atoms. The molecule has 0 saturated carbocycles. The molecule has 156 valence electrons. The standard InChI is InChI=1S/C23H30N2O3S/c1-16(2)13-14-27-20-11-7-5-9-18(20)22(26)25-23(29)24-19-10-6-8-12-21(19)28-15-17(3)4/h5-12,16-17H,13-15H2,1-4H3,(H2,24,25,26,29). The van der Waals surface area contributed by atoms with Crippen molar-refractivity contribution >= 4 is 28.9 Å². The number of thiocarbonyl (C=S) groups is 1. The predicted molar refractivity (Wildman–Crippen MR) is 122 cm³/mol. The molecule has 0 aliphatic rings. The molecule has 0 aromatic heterocycles. The van der Waals surface area contributed by atoms with Crippen LogP contribution < -0.4 is 20.1 Å². The van der Waals surface area contributed by atoms with Crippen LogP contribution in [0.4, 0.5) is 5.69 Å². The van der Waals surface area contributed by atoms with Gasteiger partial charge < -0.3 is 14.8 Å². The van der Waals surface area contributed by atoms with E-state index in [0.717, 1.165) is 6.42 Å². The van der Waals surface area contributed by atoms with E-state index in [1.54, 1.807) is 18.2 Å². The lowest BCUT2D eigenvalue weighted by molar-refractivity contribution is 0.0973. The molecule has 0 bridgehead atoms. The number of nitrogens with one attached hydrogen (secondary N) is 2. The van der Waals surface area contributed by atoms with E-state index in [2.05, 4.69) is 38.3 Å². The maximum Gasteiger partial charge on any atom is 0.261 e. The van der Waals surface area contributed by atoms with Gasteiger partial charge in [-0.3, -0.25) is 10.1 Å². The molecule has 6 heteroatoms. The van der Waals surface area contributed by atoms with Crippen molar-refractivity contribution in [2.45, 2.75) is 34.1 Å². The predicted octanol–water partition coefficient (Wildman–Crippen LogP) is 5.27. The lowest BCUT2D eigenvalue weighted by Crippen LogP contribution is -2.34. The summed E-state index contributed by atoms with van der Waals surface area (Å²) in [6.07, 6.45) is 0.920. The number of hydrogen-bond acceptors (Lipinski definition) is 4. The van der Waals surface area contributed by atoms with E-state index in [4.69, 9.17) is 21.7 Å². The summed E-state index contributed by atoms with van der Waals surface area (Å²) in [6.45, 7) is 9.59. The Balaban J connectivity index is 2.01. The summed E-state index contributed by atoms with van der Waals surface area (Å²) in [5.74, 6) is 1.86. The molecule has 0 heterocycles. The zero-order valence-corrected chi connectivity index (χ0v) is 18.3. The summed E-state index contributed by atoms with van der Waals surface area (Å²) < 4.78 is 11.6. The Morgan fingerprint density at radius 2 is 1.59 bits per heavy atom. The van der Waals surface area contributed by atoms with Crippen molar-refractivity contribution < 1.29 is 14.3 Å². The third kappa shape index (κ3) is 7.74. The molecule has 0 fully saturated rings. The molecule has 0 radical (unpaired) electrons. The molecule has 0 atom stereocenters. The highest BCUT2D eigenvalue weighted by molar-refractivity contribution is 7.80. The van der Waals surface area contributed by atoms with Crippen molar-refractivity contribution in [3.05, 3.63) is 54.1 Å². The van der Waals surface area contributed by atoms with Crippen molar-refractivity contribution in [2.75, 3.05) is 18.5 Å². The van der Waals surface area contributed by atoms with Gasteiger partial charge in [-0.05, 0) is 54.7 Å². The average molecular weight is 415 g/mol. The number of ether oxygens (including phenoxy) is 2. The number of benzene rings is 2. The van der Waals surface area contributed by atoms with Crippen LogP contribution in [0.3, 0.4) is 0 Å². The Morgan fingerprint density at radius 1 is 0.931 bits per heavy atom. The van der Waals surface area contributed by atoms with Crippen LogP contribution >= 0.6 is 12.2 Å². The van der Waals surface area contributed by atoms with Crippen LogP contribution in [-0.4, -0.2) is 24.2 Å². The summed E-state index contributed by atoms with van der Waals surface area (Å²) in [6, 6.07) is 14.7. The number of rotatable bonds is 9. The largest absolute Gasteiger partial charge is 0.493 e. The number of carbonyl (C=O) groups excluding carboxylic acids is 1. The van der Waals surface area contributed by atoms with Crippen LogP contribution in [0.25, 0.3) is 0 Å². The molecule has 2 aromatic carbocycles. The SMILES string of the molecule is CC(C)CCOc1ccccc1C(=O)NC(=S)Nc1ccccc1OCC(C)C. The fourth-order valence-corrected chi connectivity index (χ4v) is 2.66. The zero-order valence-electron chi connectivity index (χ0n) is 17.5. The van der Waals surface area contributed by atoms with Crippen molar-refractivity contribution in [1.29, 1.82) is 0 Å². The highest BCUT2D eigenvalue weighted by Gasteiger charge is 2.15. The monoisotopic (exact) mass is 414 g/mol. The molecule has 0 aliphatic heterocycles. The van der Waals surface area contributed by atoms with Gasteiger partial charge in [-0.15, -0.1) is 0 Å². The van der Waals surface area contributed by atoms with Gasteiger partial charge in [0.15, 0.2) is 5.11 Å². The third-order valence-corrected chi connectivity index (χ3v) is 4.22. The third-order valence-electron chi connectivity index (χ3n) is 4.02. The number of hydrogen-bond donors (Lipinski definition) is 2. The lowest BCUT2D eigenvalue weighted by atomic mass is 10.1. The minimum absolute atomic E-state index is 0.201. The first-order valence-electron chi connectivity index (χ1n) is 9.92. The Morgan fingerprint density at radius 3 is 2.28 bits per heavy atom. The summed E-state index contributed by atoms with van der Waals surface area (Å²) in [5, 5.41) is 5.97. The summed E-state index contributed by atoms with van der Waals surface area (Å²) >= 11 is 5.33. The fraction of sp³-hybridized carbons (Fsp3) is 0.391. The Bertz CT molecular complexity index is 821. The molecule has 0 unspecified atom stereocenters. The molecule has 2 rings (SSSR count). The second-order valence-electron chi connectivity index (χ2n) is 7.64. The van der Waals surface area contributed by atoms with E-state index in [0.29, 0.717) is 47.8 Å². The Labute approximate surface area is 178 Å². The van der Waals surface area contributed by atoms with Crippen molar-refractivity contribution in [1.82, 2.24) is 5.32 Å².